The Morgan fingerprint density at radius 2 is 1.45 bits per heavy atom. The second-order valence-corrected chi connectivity index (χ2v) is 22.1. The largest absolute Gasteiger partial charge is 0.465 e. The van der Waals surface area contributed by atoms with Gasteiger partial charge in [-0.3, -0.25) is 24.7 Å². The minimum Gasteiger partial charge on any atom is -0.465 e. The summed E-state index contributed by atoms with van der Waals surface area (Å²) in [5.41, 5.74) is -1.00. The van der Waals surface area contributed by atoms with E-state index in [1.807, 2.05) is 12.1 Å². The fourth-order valence-electron chi connectivity index (χ4n) is 9.99. The van der Waals surface area contributed by atoms with E-state index in [1.54, 1.807) is 56.6 Å². The predicted molar refractivity (Wildman–Crippen MR) is 270 cm³/mol. The molecule has 1 saturated carbocycles. The van der Waals surface area contributed by atoms with Crippen LogP contribution in [0.4, 0.5) is 41.3 Å². The molecule has 4 fully saturated rings. The number of anilines is 1. The molecule has 3 saturated heterocycles. The molecule has 8 rings (SSSR count). The van der Waals surface area contributed by atoms with Crippen LogP contribution in [0.1, 0.15) is 89.1 Å². The van der Waals surface area contributed by atoms with Gasteiger partial charge >= 0.3 is 18.8 Å². The molecule has 0 spiro atoms. The molecule has 2 aromatic carbocycles. The Bertz CT molecular complexity index is 2840. The summed E-state index contributed by atoms with van der Waals surface area (Å²) in [6.45, 7) is 4.77. The van der Waals surface area contributed by atoms with E-state index in [-0.39, 0.29) is 28.3 Å². The van der Waals surface area contributed by atoms with Crippen LogP contribution in [0.2, 0.25) is 0 Å². The van der Waals surface area contributed by atoms with Crippen LogP contribution in [0.3, 0.4) is 0 Å². The van der Waals surface area contributed by atoms with E-state index in [0.29, 0.717) is 61.5 Å². The number of nitrogens with zero attached hydrogens (tertiary/aromatic N) is 6. The molecule has 1 aliphatic carbocycles. The highest BCUT2D eigenvalue weighted by Gasteiger charge is 2.56. The average molecular weight is 1100 g/mol. The van der Waals surface area contributed by atoms with Gasteiger partial charge in [0.15, 0.2) is 0 Å². The second-order valence-electron chi connectivity index (χ2n) is 22.1. The summed E-state index contributed by atoms with van der Waals surface area (Å²) < 4.78 is 108. The Hall–Kier alpha value is -6.81. The number of pyridine rings is 1. The number of benzene rings is 2. The Morgan fingerprint density at radius 1 is 0.821 bits per heavy atom. The third kappa shape index (κ3) is 13.5. The fourth-order valence-corrected chi connectivity index (χ4v) is 9.99. The molecule has 6 N–H and O–H groups in total. The number of alkyl halides is 5. The lowest BCUT2D eigenvalue weighted by atomic mass is 9.82. The Labute approximate surface area is 446 Å². The minimum atomic E-state index is -5.13. The van der Waals surface area contributed by atoms with E-state index in [2.05, 4.69) is 42.8 Å². The van der Waals surface area contributed by atoms with E-state index in [1.165, 1.54) is 0 Å². The molecule has 3 aliphatic heterocycles. The number of ether oxygens (including phenoxy) is 1. The molecule has 17 nitrogen and oxygen atoms in total. The van der Waals surface area contributed by atoms with Gasteiger partial charge in [0, 0.05) is 78.8 Å². The quantitative estimate of drug-likeness (QED) is 0.0355. The van der Waals surface area contributed by atoms with Gasteiger partial charge in [0.05, 0.1) is 42.5 Å². The Balaban J connectivity index is 1.05. The van der Waals surface area contributed by atoms with Crippen LogP contribution in [0.5, 0.6) is 0 Å². The second kappa shape index (κ2) is 23.3. The third-order valence-electron chi connectivity index (χ3n) is 14.8. The maximum absolute atomic E-state index is 16.1. The van der Waals surface area contributed by atoms with Gasteiger partial charge in [-0.2, -0.15) is 27.1 Å². The number of amides is 4. The van der Waals surface area contributed by atoms with Crippen LogP contribution < -0.4 is 26.3 Å². The van der Waals surface area contributed by atoms with Crippen molar-refractivity contribution in [3.63, 3.8) is 0 Å². The van der Waals surface area contributed by atoms with Crippen molar-refractivity contribution in [3.05, 3.63) is 101 Å². The molecule has 24 heteroatoms. The normalized spacial score (nSPS) is 19.6. The van der Waals surface area contributed by atoms with E-state index < -0.39 is 102 Å². The zero-order valence-corrected chi connectivity index (χ0v) is 43.6. The molecule has 78 heavy (non-hydrogen) atoms. The predicted octanol–water partition coefficient (Wildman–Crippen LogP) is 6.16. The van der Waals surface area contributed by atoms with Gasteiger partial charge in [0.1, 0.15) is 29.5 Å². The molecule has 6 unspecified atom stereocenters. The molecular weight excluding hydrogens is 1030 g/mol. The smallest absolute Gasteiger partial charge is 0.405 e. The van der Waals surface area contributed by atoms with E-state index >= 15 is 8.78 Å². The van der Waals surface area contributed by atoms with Crippen LogP contribution in [-0.2, 0) is 32.1 Å². The van der Waals surface area contributed by atoms with Crippen molar-refractivity contribution in [3.8, 4) is 23.1 Å². The summed E-state index contributed by atoms with van der Waals surface area (Å²) in [7, 11) is 0. The number of hydrogen-bond donors (Lipinski definition) is 6. The number of aromatic nitrogens is 3. The van der Waals surface area contributed by atoms with Gasteiger partial charge in [0.2, 0.25) is 11.8 Å². The monoisotopic (exact) mass is 1100 g/mol. The van der Waals surface area contributed by atoms with Crippen LogP contribution in [-0.4, -0.2) is 140 Å². The first kappa shape index (κ1) is 57.4. The SMILES string of the molecule is CC(C)(C)C(NC(=O)C1CC1)C(=O)NN(Cc1c(F)cc(-c2ccn(C(F)F)n2)cc1F)CC(O)C(Cc1ccc(C#Cc2ccc(N3CC4CCC(C3)N4C3COC3)nc2)cc1)NC(=O)C(NC(=O)O)C(C)(C)C(F)(F)F. The number of carbonyl (C=O) groups excluding carboxylic acids is 3. The number of aliphatic hydroxyl groups is 1. The molecule has 4 aliphatic rings. The number of carboxylic acid groups (broad SMARTS) is 1. The maximum Gasteiger partial charge on any atom is 0.405 e. The highest BCUT2D eigenvalue weighted by atomic mass is 19.4. The first-order valence-electron chi connectivity index (χ1n) is 25.6. The zero-order valence-electron chi connectivity index (χ0n) is 43.6. The molecule has 6 atom stereocenters. The molecule has 5 heterocycles. The number of rotatable bonds is 19. The summed E-state index contributed by atoms with van der Waals surface area (Å²) in [5.74, 6) is 1.43. The van der Waals surface area contributed by atoms with Crippen LogP contribution in [0.25, 0.3) is 11.3 Å². The number of aliphatic hydroxyl groups excluding tert-OH is 1. The number of piperazine rings is 1. The zero-order chi connectivity index (χ0) is 56.4. The lowest BCUT2D eigenvalue weighted by Gasteiger charge is -2.47. The highest BCUT2D eigenvalue weighted by molar-refractivity contribution is 5.90. The number of hydrazine groups is 1. The van der Waals surface area contributed by atoms with Gasteiger partial charge in [-0.15, -0.1) is 0 Å². The number of fused-ring (bicyclic) bond motifs is 2. The Kier molecular flexibility index (Phi) is 17.1. The summed E-state index contributed by atoms with van der Waals surface area (Å²) in [5, 5.41) is 33.0. The summed E-state index contributed by atoms with van der Waals surface area (Å²) in [6.07, 6.45) is -3.29. The van der Waals surface area contributed by atoms with E-state index in [4.69, 9.17) is 9.72 Å². The van der Waals surface area contributed by atoms with Crippen molar-refractivity contribution in [1.82, 2.24) is 46.0 Å². The number of carbonyl (C=O) groups is 4. The molecule has 2 bridgehead atoms. The topological polar surface area (TPSA) is 207 Å². The number of nitrogens with one attached hydrogen (secondary N) is 4. The highest BCUT2D eigenvalue weighted by Crippen LogP contribution is 2.41. The summed E-state index contributed by atoms with van der Waals surface area (Å²) >= 11 is 0. The molecular formula is C54H63F7N10O7. The first-order valence-corrected chi connectivity index (χ1v) is 25.6. The van der Waals surface area contributed by atoms with Crippen molar-refractivity contribution < 1.29 is 64.9 Å². The van der Waals surface area contributed by atoms with Gasteiger partial charge in [0.25, 0.3) is 5.91 Å². The first-order chi connectivity index (χ1) is 36.7. The number of halogens is 7. The lowest BCUT2D eigenvalue weighted by molar-refractivity contribution is -0.220. The average Bonchev–Trinajstić information content (AvgIpc) is 4.08. The fraction of sp³-hybridized carbons (Fsp3) is 0.519. The van der Waals surface area contributed by atoms with Crippen LogP contribution in [0.15, 0.2) is 67.0 Å². The van der Waals surface area contributed by atoms with Crippen molar-refractivity contribution in [2.75, 3.05) is 37.7 Å². The molecule has 4 amide bonds. The minimum absolute atomic E-state index is 0.197. The van der Waals surface area contributed by atoms with Crippen LogP contribution in [0, 0.1) is 40.2 Å². The maximum atomic E-state index is 16.1. The van der Waals surface area contributed by atoms with Gasteiger partial charge in [-0.05, 0) is 99.4 Å². The molecule has 420 valence electrons. The van der Waals surface area contributed by atoms with Crippen molar-refractivity contribution in [2.45, 2.75) is 128 Å². The van der Waals surface area contributed by atoms with Gasteiger partial charge in [-0.25, -0.2) is 28.3 Å². The van der Waals surface area contributed by atoms with Crippen molar-refractivity contribution >= 4 is 29.6 Å². The number of hydrogen-bond acceptors (Lipinski definition) is 11. The van der Waals surface area contributed by atoms with Crippen molar-refractivity contribution in [2.24, 2.45) is 16.7 Å². The third-order valence-corrected chi connectivity index (χ3v) is 14.8. The van der Waals surface area contributed by atoms with E-state index in [9.17, 15) is 51.3 Å². The van der Waals surface area contributed by atoms with Gasteiger partial charge in [-0.1, -0.05) is 44.7 Å². The summed E-state index contributed by atoms with van der Waals surface area (Å²) in [4.78, 5) is 62.7. The lowest BCUT2D eigenvalue weighted by Crippen LogP contribution is -2.62. The van der Waals surface area contributed by atoms with Gasteiger partial charge < -0.3 is 35.8 Å². The van der Waals surface area contributed by atoms with Crippen molar-refractivity contribution in [1.29, 1.82) is 0 Å². The molecule has 2 aromatic heterocycles. The molecule has 0 radical (unpaired) electrons. The standard InChI is InChI=1S/C54H63F7N10O7/c1-52(2,3)45(64-47(73)33-13-14-33)49(75)67-69(26-38-39(55)21-34(22-40(38)56)41-18-19-70(66-41)50(57)58)27-43(72)42(63-48(74)46(65-51(76)77)53(4,5)54(59,60)61)20-31-9-6-30(7-10-31)8-11-32-12-17-44(62-23-32)68-24-35-15-16-36(25-68)71(35)37-28-78-29-37/h6-7,9-10,12,17-19,21-23,33,35-37,42-43,45-46,50,65,72H,13-16,20,24-29H2,1-5H3,(H,63,74)(H,64,73)(H,67,75)(H,76,77). The van der Waals surface area contributed by atoms with Crippen LogP contribution >= 0.6 is 0 Å². The Morgan fingerprint density at radius 3 is 1.97 bits per heavy atom. The summed E-state index contributed by atoms with van der Waals surface area (Å²) in [6, 6.07) is 9.04. The van der Waals surface area contributed by atoms with E-state index in [0.717, 1.165) is 74.4 Å². The molecule has 4 aromatic rings.